The summed E-state index contributed by atoms with van der Waals surface area (Å²) in [5.74, 6) is 0.898. The topological polar surface area (TPSA) is 52.9 Å². The molecule has 1 aromatic rings. The molecule has 0 atom stereocenters. The first-order chi connectivity index (χ1) is 9.15. The van der Waals surface area contributed by atoms with Crippen LogP contribution in [0.4, 0.5) is 0 Å². The average molecular weight is 267 g/mol. The normalized spacial score (nSPS) is 11.3. The number of likely N-dealkylation sites (N-methyl/N-ethyl adjacent to an activating group) is 1. The number of benzene rings is 1. The maximum Gasteiger partial charge on any atom is 0.122 e. The maximum atomic E-state index is 9.15. The molecule has 0 radical (unpaired) electrons. The third-order valence-corrected chi connectivity index (χ3v) is 3.53. The molecule has 0 bridgehead atoms. The molecule has 0 aliphatic carbocycles. The standard InChI is InChI=1S/C15H25NO3/c1-4-12-5-6-15(19-3)13(9-12)7-8-16(2)14(10-17)11-18/h5-6,9,14,17-18H,4,7-8,10-11H2,1-3H3. The molecule has 0 saturated carbocycles. The highest BCUT2D eigenvalue weighted by Gasteiger charge is 2.13. The zero-order valence-electron chi connectivity index (χ0n) is 12.1. The summed E-state index contributed by atoms with van der Waals surface area (Å²) in [4.78, 5) is 1.97. The van der Waals surface area contributed by atoms with Gasteiger partial charge in [0.2, 0.25) is 0 Å². The molecule has 19 heavy (non-hydrogen) atoms. The van der Waals surface area contributed by atoms with Gasteiger partial charge in [-0.2, -0.15) is 0 Å². The van der Waals surface area contributed by atoms with Crippen LogP contribution in [0.2, 0.25) is 0 Å². The van der Waals surface area contributed by atoms with Crippen molar-refractivity contribution in [2.45, 2.75) is 25.8 Å². The van der Waals surface area contributed by atoms with Crippen LogP contribution in [0, 0.1) is 0 Å². The second kappa shape index (κ2) is 8.15. The minimum Gasteiger partial charge on any atom is -0.496 e. The highest BCUT2D eigenvalue weighted by atomic mass is 16.5. The van der Waals surface area contributed by atoms with E-state index in [1.165, 1.54) is 11.1 Å². The first-order valence-electron chi connectivity index (χ1n) is 6.74. The molecule has 0 aromatic heterocycles. The van der Waals surface area contributed by atoms with Gasteiger partial charge in [-0.05, 0) is 37.1 Å². The van der Waals surface area contributed by atoms with Crippen LogP contribution in [0.25, 0.3) is 0 Å². The number of methoxy groups -OCH3 is 1. The number of aryl methyl sites for hydroxylation is 1. The van der Waals surface area contributed by atoms with Gasteiger partial charge in [0.05, 0.1) is 26.4 Å². The summed E-state index contributed by atoms with van der Waals surface area (Å²) in [7, 11) is 3.59. The first-order valence-corrected chi connectivity index (χ1v) is 6.74. The van der Waals surface area contributed by atoms with Crippen molar-refractivity contribution < 1.29 is 14.9 Å². The second-order valence-electron chi connectivity index (χ2n) is 4.75. The molecule has 0 amide bonds. The van der Waals surface area contributed by atoms with Crippen molar-refractivity contribution in [2.24, 2.45) is 0 Å². The molecular formula is C15H25NO3. The average Bonchev–Trinajstić information content (AvgIpc) is 2.45. The van der Waals surface area contributed by atoms with E-state index in [4.69, 9.17) is 14.9 Å². The smallest absolute Gasteiger partial charge is 0.122 e. The Labute approximate surface area is 115 Å². The summed E-state index contributed by atoms with van der Waals surface area (Å²) in [5, 5.41) is 18.3. The van der Waals surface area contributed by atoms with E-state index in [9.17, 15) is 0 Å². The molecule has 0 spiro atoms. The summed E-state index contributed by atoms with van der Waals surface area (Å²) in [6.45, 7) is 2.85. The molecule has 1 aromatic carbocycles. The van der Waals surface area contributed by atoms with E-state index in [-0.39, 0.29) is 19.3 Å². The zero-order valence-corrected chi connectivity index (χ0v) is 12.1. The lowest BCUT2D eigenvalue weighted by Crippen LogP contribution is -2.38. The fourth-order valence-corrected chi connectivity index (χ4v) is 2.06. The molecule has 0 aliphatic rings. The molecule has 4 nitrogen and oxygen atoms in total. The molecule has 1 rings (SSSR count). The predicted octanol–water partition coefficient (Wildman–Crippen LogP) is 1.09. The Hall–Kier alpha value is -1.10. The minimum atomic E-state index is -0.194. The van der Waals surface area contributed by atoms with Gasteiger partial charge in [-0.3, -0.25) is 4.90 Å². The lowest BCUT2D eigenvalue weighted by atomic mass is 10.0. The van der Waals surface area contributed by atoms with Gasteiger partial charge in [0.25, 0.3) is 0 Å². The van der Waals surface area contributed by atoms with Crippen molar-refractivity contribution in [3.63, 3.8) is 0 Å². The number of hydrogen-bond donors (Lipinski definition) is 2. The van der Waals surface area contributed by atoms with Crippen molar-refractivity contribution >= 4 is 0 Å². The molecule has 2 N–H and O–H groups in total. The summed E-state index contributed by atoms with van der Waals surface area (Å²) in [5.41, 5.74) is 2.46. The van der Waals surface area contributed by atoms with Gasteiger partial charge in [-0.15, -0.1) is 0 Å². The van der Waals surface area contributed by atoms with Crippen LogP contribution in [0.5, 0.6) is 5.75 Å². The fraction of sp³-hybridized carbons (Fsp3) is 0.600. The summed E-state index contributed by atoms with van der Waals surface area (Å²) < 4.78 is 5.37. The summed E-state index contributed by atoms with van der Waals surface area (Å²) in [6.07, 6.45) is 1.84. The number of rotatable bonds is 8. The number of nitrogens with zero attached hydrogens (tertiary/aromatic N) is 1. The molecule has 4 heteroatoms. The highest BCUT2D eigenvalue weighted by Crippen LogP contribution is 2.21. The molecule has 0 fully saturated rings. The Bertz CT molecular complexity index is 378. The van der Waals surface area contributed by atoms with E-state index >= 15 is 0 Å². The first kappa shape index (κ1) is 16.0. The van der Waals surface area contributed by atoms with E-state index in [2.05, 4.69) is 19.1 Å². The van der Waals surface area contributed by atoms with E-state index in [1.54, 1.807) is 7.11 Å². The van der Waals surface area contributed by atoms with E-state index < -0.39 is 0 Å². The van der Waals surface area contributed by atoms with E-state index in [0.29, 0.717) is 0 Å². The van der Waals surface area contributed by atoms with Crippen molar-refractivity contribution in [1.29, 1.82) is 0 Å². The largest absolute Gasteiger partial charge is 0.496 e. The quantitative estimate of drug-likeness (QED) is 0.740. The molecular weight excluding hydrogens is 242 g/mol. The summed E-state index contributed by atoms with van der Waals surface area (Å²) in [6, 6.07) is 6.06. The maximum absolute atomic E-state index is 9.15. The third-order valence-electron chi connectivity index (χ3n) is 3.53. The molecule has 0 heterocycles. The Morgan fingerprint density at radius 3 is 2.47 bits per heavy atom. The molecule has 0 unspecified atom stereocenters. The van der Waals surface area contributed by atoms with Crippen LogP contribution in [0.3, 0.4) is 0 Å². The van der Waals surface area contributed by atoms with Crippen LogP contribution in [0.15, 0.2) is 18.2 Å². The number of aliphatic hydroxyl groups is 2. The fourth-order valence-electron chi connectivity index (χ4n) is 2.06. The van der Waals surface area contributed by atoms with Gasteiger partial charge in [0.1, 0.15) is 5.75 Å². The Balaban J connectivity index is 2.70. The van der Waals surface area contributed by atoms with Gasteiger partial charge < -0.3 is 14.9 Å². The van der Waals surface area contributed by atoms with Crippen LogP contribution in [-0.4, -0.2) is 55.1 Å². The van der Waals surface area contributed by atoms with E-state index in [1.807, 2.05) is 18.0 Å². The van der Waals surface area contributed by atoms with Crippen molar-refractivity contribution in [3.05, 3.63) is 29.3 Å². The van der Waals surface area contributed by atoms with Crippen molar-refractivity contribution in [1.82, 2.24) is 4.90 Å². The monoisotopic (exact) mass is 267 g/mol. The SMILES string of the molecule is CCc1ccc(OC)c(CCN(C)C(CO)CO)c1. The van der Waals surface area contributed by atoms with Gasteiger partial charge in [0.15, 0.2) is 0 Å². The molecule has 108 valence electrons. The number of ether oxygens (including phenoxy) is 1. The van der Waals surface area contributed by atoms with Crippen LogP contribution in [0.1, 0.15) is 18.1 Å². The number of aliphatic hydroxyl groups excluding tert-OH is 2. The summed E-state index contributed by atoms with van der Waals surface area (Å²) >= 11 is 0. The second-order valence-corrected chi connectivity index (χ2v) is 4.75. The Morgan fingerprint density at radius 1 is 1.26 bits per heavy atom. The van der Waals surface area contributed by atoms with Crippen LogP contribution in [-0.2, 0) is 12.8 Å². The molecule has 0 aliphatic heterocycles. The van der Waals surface area contributed by atoms with Crippen LogP contribution < -0.4 is 4.74 Å². The van der Waals surface area contributed by atoms with Crippen molar-refractivity contribution in [2.75, 3.05) is 33.9 Å². The van der Waals surface area contributed by atoms with E-state index in [0.717, 1.165) is 25.1 Å². The van der Waals surface area contributed by atoms with Gasteiger partial charge in [0, 0.05) is 6.54 Å². The van der Waals surface area contributed by atoms with Crippen molar-refractivity contribution in [3.8, 4) is 5.75 Å². The number of hydrogen-bond acceptors (Lipinski definition) is 4. The van der Waals surface area contributed by atoms with Gasteiger partial charge >= 0.3 is 0 Å². The zero-order chi connectivity index (χ0) is 14.3. The highest BCUT2D eigenvalue weighted by molar-refractivity contribution is 5.37. The minimum absolute atomic E-state index is 0.0286. The predicted molar refractivity (Wildman–Crippen MR) is 76.7 cm³/mol. The third kappa shape index (κ3) is 4.49. The van der Waals surface area contributed by atoms with Gasteiger partial charge in [-0.25, -0.2) is 0 Å². The Morgan fingerprint density at radius 2 is 1.95 bits per heavy atom. The molecule has 0 saturated heterocycles. The lowest BCUT2D eigenvalue weighted by molar-refractivity contribution is 0.0924. The Kier molecular flexibility index (Phi) is 6.84. The van der Waals surface area contributed by atoms with Crippen LogP contribution >= 0.6 is 0 Å². The lowest BCUT2D eigenvalue weighted by Gasteiger charge is -2.24. The van der Waals surface area contributed by atoms with Gasteiger partial charge in [-0.1, -0.05) is 19.1 Å².